The van der Waals surface area contributed by atoms with Gasteiger partial charge in [-0.15, -0.1) is 0 Å². The lowest BCUT2D eigenvalue weighted by Gasteiger charge is -2.00. The highest BCUT2D eigenvalue weighted by Crippen LogP contribution is 2.35. The molecule has 2 nitrogen and oxygen atoms in total. The maximum absolute atomic E-state index is 11.2. The van der Waals surface area contributed by atoms with E-state index < -0.39 is 0 Å². The molecule has 62 valence electrons. The molecule has 0 bridgehead atoms. The summed E-state index contributed by atoms with van der Waals surface area (Å²) >= 11 is 0. The second-order valence-corrected chi connectivity index (χ2v) is 2.92. The van der Waals surface area contributed by atoms with Crippen LogP contribution in [-0.2, 0) is 4.79 Å². The average Bonchev–Trinajstić information content (AvgIpc) is 2.40. The summed E-state index contributed by atoms with van der Waals surface area (Å²) in [6.45, 7) is 1.99. The van der Waals surface area contributed by atoms with E-state index in [9.17, 15) is 4.79 Å². The summed E-state index contributed by atoms with van der Waals surface area (Å²) in [7, 11) is 0. The molecule has 1 aromatic carbocycles. The van der Waals surface area contributed by atoms with Crippen molar-refractivity contribution in [1.29, 1.82) is 0 Å². The molecule has 0 saturated carbocycles. The number of hydrogen-bond donors (Lipinski definition) is 0. The number of esters is 1. The lowest BCUT2D eigenvalue weighted by Crippen LogP contribution is -2.08. The van der Waals surface area contributed by atoms with Crippen LogP contribution in [0.1, 0.15) is 24.8 Å². The molecule has 0 amide bonds. The Balaban J connectivity index is 2.47. The van der Waals surface area contributed by atoms with Crippen molar-refractivity contribution >= 4 is 5.97 Å². The minimum absolute atomic E-state index is 0.0406. The van der Waals surface area contributed by atoms with Gasteiger partial charge in [0, 0.05) is 5.56 Å². The highest BCUT2D eigenvalue weighted by Gasteiger charge is 2.30. The number of fused-ring (bicyclic) bond motifs is 1. The fourth-order valence-corrected chi connectivity index (χ4v) is 1.55. The van der Waals surface area contributed by atoms with Crippen LogP contribution >= 0.6 is 0 Å². The van der Waals surface area contributed by atoms with E-state index in [0.717, 1.165) is 17.7 Å². The minimum atomic E-state index is -0.112. The van der Waals surface area contributed by atoms with Crippen LogP contribution in [0.15, 0.2) is 24.3 Å². The fourth-order valence-electron chi connectivity index (χ4n) is 1.55. The molecule has 0 radical (unpaired) electrons. The van der Waals surface area contributed by atoms with Crippen LogP contribution < -0.4 is 4.74 Å². The predicted molar refractivity (Wildman–Crippen MR) is 45.1 cm³/mol. The zero-order chi connectivity index (χ0) is 8.55. The first-order valence-corrected chi connectivity index (χ1v) is 4.13. The first-order chi connectivity index (χ1) is 5.83. The first kappa shape index (κ1) is 7.35. The van der Waals surface area contributed by atoms with E-state index in [2.05, 4.69) is 0 Å². The number of carbonyl (C=O) groups excluding carboxylic acids is 1. The van der Waals surface area contributed by atoms with Crippen LogP contribution in [0.3, 0.4) is 0 Å². The molecular formula is C10H10O2. The molecule has 0 unspecified atom stereocenters. The number of carbonyl (C=O) groups is 1. The molecule has 2 rings (SSSR count). The van der Waals surface area contributed by atoms with Crippen molar-refractivity contribution in [1.82, 2.24) is 0 Å². The van der Waals surface area contributed by atoms with Gasteiger partial charge >= 0.3 is 5.97 Å². The predicted octanol–water partition coefficient (Wildman–Crippen LogP) is 2.10. The summed E-state index contributed by atoms with van der Waals surface area (Å²) in [4.78, 5) is 11.2. The van der Waals surface area contributed by atoms with Gasteiger partial charge in [-0.3, -0.25) is 4.79 Å². The van der Waals surface area contributed by atoms with Gasteiger partial charge in [-0.1, -0.05) is 25.1 Å². The summed E-state index contributed by atoms with van der Waals surface area (Å²) in [6, 6.07) is 7.60. The second-order valence-electron chi connectivity index (χ2n) is 2.92. The molecule has 1 heterocycles. The highest BCUT2D eigenvalue weighted by atomic mass is 16.5. The minimum Gasteiger partial charge on any atom is -0.426 e. The van der Waals surface area contributed by atoms with Crippen LogP contribution in [0.2, 0.25) is 0 Å². The number of benzene rings is 1. The molecule has 1 atom stereocenters. The normalized spacial score (nSPS) is 20.4. The summed E-state index contributed by atoms with van der Waals surface area (Å²) in [5.41, 5.74) is 1.03. The second kappa shape index (κ2) is 2.63. The standard InChI is InChI=1S/C10H10O2/c1-2-7-8-5-3-4-6-9(8)12-10(7)11/h3-7H,2H2,1H3/t7-/m0/s1. The number of ether oxygens (including phenoxy) is 1. The maximum atomic E-state index is 11.2. The molecule has 1 aromatic rings. The molecule has 0 N–H and O–H groups in total. The number of rotatable bonds is 1. The SMILES string of the molecule is CC[C@@H]1C(=O)Oc2ccccc21. The van der Waals surface area contributed by atoms with Gasteiger partial charge in [0.05, 0.1) is 5.92 Å². The Morgan fingerprint density at radius 1 is 1.42 bits per heavy atom. The summed E-state index contributed by atoms with van der Waals surface area (Å²) in [5.74, 6) is 0.578. The third kappa shape index (κ3) is 0.916. The van der Waals surface area contributed by atoms with Gasteiger partial charge in [-0.2, -0.15) is 0 Å². The Morgan fingerprint density at radius 2 is 2.17 bits per heavy atom. The van der Waals surface area contributed by atoms with Crippen molar-refractivity contribution < 1.29 is 9.53 Å². The lowest BCUT2D eigenvalue weighted by molar-refractivity contribution is -0.134. The Labute approximate surface area is 71.2 Å². The maximum Gasteiger partial charge on any atom is 0.318 e. The molecule has 0 aromatic heterocycles. The number of hydrogen-bond acceptors (Lipinski definition) is 2. The molecule has 1 aliphatic rings. The number of para-hydroxylation sites is 1. The molecule has 0 spiro atoms. The van der Waals surface area contributed by atoms with Crippen molar-refractivity contribution in [3.63, 3.8) is 0 Å². The third-order valence-corrected chi connectivity index (χ3v) is 2.20. The largest absolute Gasteiger partial charge is 0.426 e. The van der Waals surface area contributed by atoms with Gasteiger partial charge < -0.3 is 4.74 Å². The molecule has 0 aliphatic carbocycles. The van der Waals surface area contributed by atoms with Gasteiger partial charge in [0.25, 0.3) is 0 Å². The monoisotopic (exact) mass is 162 g/mol. The van der Waals surface area contributed by atoms with E-state index in [4.69, 9.17) is 4.74 Å². The van der Waals surface area contributed by atoms with Gasteiger partial charge in [0.15, 0.2) is 0 Å². The average molecular weight is 162 g/mol. The Bertz CT molecular complexity index is 317. The van der Waals surface area contributed by atoms with Gasteiger partial charge in [-0.05, 0) is 12.5 Å². The molecule has 0 saturated heterocycles. The van der Waals surface area contributed by atoms with Crippen molar-refractivity contribution in [2.45, 2.75) is 19.3 Å². The van der Waals surface area contributed by atoms with Gasteiger partial charge in [-0.25, -0.2) is 0 Å². The smallest absolute Gasteiger partial charge is 0.318 e. The summed E-state index contributed by atoms with van der Waals surface area (Å²) in [5, 5.41) is 0. The first-order valence-electron chi connectivity index (χ1n) is 4.13. The van der Waals surface area contributed by atoms with Gasteiger partial charge in [0.1, 0.15) is 5.75 Å². The third-order valence-electron chi connectivity index (χ3n) is 2.20. The van der Waals surface area contributed by atoms with E-state index in [-0.39, 0.29) is 11.9 Å². The van der Waals surface area contributed by atoms with Crippen LogP contribution in [-0.4, -0.2) is 5.97 Å². The Morgan fingerprint density at radius 3 is 2.92 bits per heavy atom. The van der Waals surface area contributed by atoms with Crippen LogP contribution in [0, 0.1) is 0 Å². The van der Waals surface area contributed by atoms with E-state index in [1.54, 1.807) is 0 Å². The van der Waals surface area contributed by atoms with E-state index >= 15 is 0 Å². The molecular weight excluding hydrogens is 152 g/mol. The van der Waals surface area contributed by atoms with Crippen LogP contribution in [0.4, 0.5) is 0 Å². The summed E-state index contributed by atoms with van der Waals surface area (Å²) < 4.78 is 5.07. The highest BCUT2D eigenvalue weighted by molar-refractivity contribution is 5.85. The topological polar surface area (TPSA) is 26.3 Å². The zero-order valence-electron chi connectivity index (χ0n) is 6.91. The quantitative estimate of drug-likeness (QED) is 0.467. The van der Waals surface area contributed by atoms with Crippen LogP contribution in [0.5, 0.6) is 5.75 Å². The Kier molecular flexibility index (Phi) is 1.61. The van der Waals surface area contributed by atoms with Crippen molar-refractivity contribution in [2.75, 3.05) is 0 Å². The van der Waals surface area contributed by atoms with E-state index in [1.165, 1.54) is 0 Å². The molecule has 0 fully saturated rings. The van der Waals surface area contributed by atoms with Crippen molar-refractivity contribution in [3.05, 3.63) is 29.8 Å². The fraction of sp³-hybridized carbons (Fsp3) is 0.300. The Hall–Kier alpha value is -1.31. The lowest BCUT2D eigenvalue weighted by atomic mass is 9.98. The molecule has 12 heavy (non-hydrogen) atoms. The zero-order valence-corrected chi connectivity index (χ0v) is 6.91. The van der Waals surface area contributed by atoms with E-state index in [0.29, 0.717) is 0 Å². The summed E-state index contributed by atoms with van der Waals surface area (Å²) in [6.07, 6.45) is 0.815. The molecule has 2 heteroatoms. The van der Waals surface area contributed by atoms with Crippen LogP contribution in [0.25, 0.3) is 0 Å². The van der Waals surface area contributed by atoms with Crippen molar-refractivity contribution in [3.8, 4) is 5.75 Å². The van der Waals surface area contributed by atoms with E-state index in [1.807, 2.05) is 31.2 Å². The van der Waals surface area contributed by atoms with Crippen molar-refractivity contribution in [2.24, 2.45) is 0 Å². The molecule has 1 aliphatic heterocycles. The van der Waals surface area contributed by atoms with Gasteiger partial charge in [0.2, 0.25) is 0 Å².